The number of hydrogen-bond acceptors (Lipinski definition) is 5. The Morgan fingerprint density at radius 1 is 1.50 bits per heavy atom. The van der Waals surface area contributed by atoms with Crippen LogP contribution in [0.3, 0.4) is 0 Å². The smallest absolute Gasteiger partial charge is 0.260 e. The zero-order valence-electron chi connectivity index (χ0n) is 11.9. The van der Waals surface area contributed by atoms with Crippen LogP contribution in [0.4, 0.5) is 0 Å². The van der Waals surface area contributed by atoms with Gasteiger partial charge < -0.3 is 5.32 Å². The van der Waals surface area contributed by atoms with Crippen LogP contribution in [0.15, 0.2) is 5.03 Å². The Balaban J connectivity index is 2.07. The van der Waals surface area contributed by atoms with Gasteiger partial charge in [0.2, 0.25) is 0 Å². The summed E-state index contributed by atoms with van der Waals surface area (Å²) in [6.07, 6.45) is 1.08. The number of rotatable bonds is 7. The third-order valence-corrected chi connectivity index (χ3v) is 6.05. The normalized spacial score (nSPS) is 19.6. The van der Waals surface area contributed by atoms with E-state index >= 15 is 0 Å². The Morgan fingerprint density at radius 2 is 2.30 bits per heavy atom. The van der Waals surface area contributed by atoms with Crippen molar-refractivity contribution in [2.45, 2.75) is 31.8 Å². The Morgan fingerprint density at radius 3 is 2.95 bits per heavy atom. The van der Waals surface area contributed by atoms with Gasteiger partial charge in [-0.3, -0.25) is 5.10 Å². The van der Waals surface area contributed by atoms with Crippen molar-refractivity contribution < 1.29 is 8.42 Å². The number of sulfonamides is 1. The second-order valence-corrected chi connectivity index (χ2v) is 7.83. The molecule has 0 bridgehead atoms. The van der Waals surface area contributed by atoms with Crippen molar-refractivity contribution >= 4 is 21.8 Å². The number of nitrogens with one attached hydrogen (secondary N) is 3. The molecule has 1 aromatic rings. The highest BCUT2D eigenvalue weighted by Gasteiger charge is 2.25. The highest BCUT2D eigenvalue weighted by molar-refractivity contribution is 7.99. The Kier molecular flexibility index (Phi) is 5.48. The minimum atomic E-state index is -3.53. The van der Waals surface area contributed by atoms with E-state index in [9.17, 15) is 8.42 Å². The molecule has 3 N–H and O–H groups in total. The fourth-order valence-corrected chi connectivity index (χ4v) is 4.74. The Labute approximate surface area is 124 Å². The number of aromatic amines is 1. The van der Waals surface area contributed by atoms with Gasteiger partial charge in [-0.25, -0.2) is 13.1 Å². The first-order chi connectivity index (χ1) is 9.54. The number of aromatic nitrogens is 2. The van der Waals surface area contributed by atoms with Crippen molar-refractivity contribution in [1.29, 1.82) is 0 Å². The first-order valence-electron chi connectivity index (χ1n) is 6.86. The molecule has 0 aliphatic carbocycles. The van der Waals surface area contributed by atoms with E-state index in [1.165, 1.54) is 0 Å². The summed E-state index contributed by atoms with van der Waals surface area (Å²) in [5, 5.41) is 10.0. The zero-order chi connectivity index (χ0) is 14.6. The zero-order valence-corrected chi connectivity index (χ0v) is 13.5. The van der Waals surface area contributed by atoms with E-state index in [2.05, 4.69) is 20.2 Å². The summed E-state index contributed by atoms with van der Waals surface area (Å²) in [7, 11) is -3.53. The fourth-order valence-electron chi connectivity index (χ4n) is 2.15. The molecule has 1 unspecified atom stereocenters. The van der Waals surface area contributed by atoms with Gasteiger partial charge in [-0.1, -0.05) is 6.92 Å². The van der Waals surface area contributed by atoms with E-state index in [0.29, 0.717) is 19.0 Å². The molecule has 0 radical (unpaired) electrons. The van der Waals surface area contributed by atoms with E-state index in [0.717, 1.165) is 35.7 Å². The van der Waals surface area contributed by atoms with Crippen LogP contribution < -0.4 is 10.0 Å². The third-order valence-electron chi connectivity index (χ3n) is 3.43. The average molecular weight is 318 g/mol. The van der Waals surface area contributed by atoms with Crippen LogP contribution in [0.5, 0.6) is 0 Å². The Hall–Kier alpha value is -0.570. The molecule has 0 saturated carbocycles. The van der Waals surface area contributed by atoms with E-state index < -0.39 is 10.0 Å². The summed E-state index contributed by atoms with van der Waals surface area (Å²) >= 11 is 1.88. The van der Waals surface area contributed by atoms with Gasteiger partial charge >= 0.3 is 0 Å². The van der Waals surface area contributed by atoms with Crippen molar-refractivity contribution in [2.24, 2.45) is 5.92 Å². The van der Waals surface area contributed by atoms with E-state index in [1.54, 1.807) is 0 Å². The highest BCUT2D eigenvalue weighted by Crippen LogP contribution is 2.23. The van der Waals surface area contributed by atoms with E-state index in [1.807, 2.05) is 25.6 Å². The molecule has 1 saturated heterocycles. The second-order valence-electron chi connectivity index (χ2n) is 4.99. The van der Waals surface area contributed by atoms with Crippen molar-refractivity contribution in [1.82, 2.24) is 20.2 Å². The number of hydrogen-bond donors (Lipinski definition) is 3. The maximum Gasteiger partial charge on any atom is 0.260 e. The molecule has 0 amide bonds. The summed E-state index contributed by atoms with van der Waals surface area (Å²) in [5.74, 6) is 2.60. The quantitative estimate of drug-likeness (QED) is 0.694. The fraction of sp³-hybridized carbons (Fsp3) is 0.750. The van der Waals surface area contributed by atoms with Crippen LogP contribution in [0.2, 0.25) is 0 Å². The van der Waals surface area contributed by atoms with Crippen molar-refractivity contribution in [3.8, 4) is 0 Å². The van der Waals surface area contributed by atoms with Gasteiger partial charge in [0.1, 0.15) is 0 Å². The van der Waals surface area contributed by atoms with Gasteiger partial charge in [-0.15, -0.1) is 0 Å². The van der Waals surface area contributed by atoms with Crippen molar-refractivity contribution in [2.75, 3.05) is 24.6 Å². The molecule has 6 nitrogen and oxygen atoms in total. The van der Waals surface area contributed by atoms with Crippen molar-refractivity contribution in [3.63, 3.8) is 0 Å². The lowest BCUT2D eigenvalue weighted by atomic mass is 10.1. The maximum atomic E-state index is 12.4. The summed E-state index contributed by atoms with van der Waals surface area (Å²) in [4.78, 5) is 0. The molecule has 0 spiro atoms. The van der Waals surface area contributed by atoms with Gasteiger partial charge in [0.25, 0.3) is 10.0 Å². The van der Waals surface area contributed by atoms with Crippen molar-refractivity contribution in [3.05, 3.63) is 11.3 Å². The summed E-state index contributed by atoms with van der Waals surface area (Å²) < 4.78 is 27.4. The predicted octanol–water partition coefficient (Wildman–Crippen LogP) is 0.859. The molecule has 2 heterocycles. The Bertz CT molecular complexity index is 536. The topological polar surface area (TPSA) is 86.9 Å². The molecular formula is C12H22N4O2S2. The van der Waals surface area contributed by atoms with Crippen LogP contribution in [0.25, 0.3) is 0 Å². The lowest BCUT2D eigenvalue weighted by molar-refractivity contribution is 0.541. The molecule has 0 aromatic carbocycles. The average Bonchev–Trinajstić information content (AvgIpc) is 3.04. The SMILES string of the molecule is CCNCc1c(S(=O)(=O)NCC2CCSC2)n[nH]c1C. The number of nitrogens with zero attached hydrogens (tertiary/aromatic N) is 1. The standard InChI is InChI=1S/C12H22N4O2S2/c1-3-13-7-11-9(2)15-16-12(11)20(17,18)14-6-10-4-5-19-8-10/h10,13-14H,3-8H2,1-2H3,(H,15,16). The summed E-state index contributed by atoms with van der Waals surface area (Å²) in [6.45, 7) is 5.62. The van der Waals surface area contributed by atoms with Crippen LogP contribution in [-0.2, 0) is 16.6 Å². The molecule has 8 heteroatoms. The molecule has 114 valence electrons. The molecule has 20 heavy (non-hydrogen) atoms. The van der Waals surface area contributed by atoms with Crippen LogP contribution >= 0.6 is 11.8 Å². The molecule has 2 rings (SSSR count). The first kappa shape index (κ1) is 15.8. The van der Waals surface area contributed by atoms with Crippen LogP contribution in [-0.4, -0.2) is 43.2 Å². The van der Waals surface area contributed by atoms with Crippen LogP contribution in [0, 0.1) is 12.8 Å². The minimum Gasteiger partial charge on any atom is -0.313 e. The number of aryl methyl sites for hydroxylation is 1. The predicted molar refractivity (Wildman–Crippen MR) is 81.3 cm³/mol. The van der Waals surface area contributed by atoms with Gasteiger partial charge in [0.05, 0.1) is 0 Å². The molecular weight excluding hydrogens is 296 g/mol. The molecule has 1 aromatic heterocycles. The number of thioether (sulfide) groups is 1. The molecule has 1 aliphatic rings. The lowest BCUT2D eigenvalue weighted by Gasteiger charge is -2.10. The summed E-state index contributed by atoms with van der Waals surface area (Å²) in [5.41, 5.74) is 1.52. The van der Waals surface area contributed by atoms with E-state index in [4.69, 9.17) is 0 Å². The highest BCUT2D eigenvalue weighted by atomic mass is 32.2. The first-order valence-corrected chi connectivity index (χ1v) is 9.50. The molecule has 1 fully saturated rings. The maximum absolute atomic E-state index is 12.4. The van der Waals surface area contributed by atoms with Crippen LogP contribution in [0.1, 0.15) is 24.6 Å². The minimum absolute atomic E-state index is 0.126. The second kappa shape index (κ2) is 6.93. The largest absolute Gasteiger partial charge is 0.313 e. The van der Waals surface area contributed by atoms with E-state index in [-0.39, 0.29) is 5.03 Å². The van der Waals surface area contributed by atoms with Gasteiger partial charge in [0, 0.05) is 24.3 Å². The molecule has 1 atom stereocenters. The monoisotopic (exact) mass is 318 g/mol. The van der Waals surface area contributed by atoms with Gasteiger partial charge in [0.15, 0.2) is 5.03 Å². The van der Waals surface area contributed by atoms with Gasteiger partial charge in [-0.2, -0.15) is 16.9 Å². The number of H-pyrrole nitrogens is 1. The molecule has 1 aliphatic heterocycles. The third kappa shape index (κ3) is 3.75. The van der Waals surface area contributed by atoms with Gasteiger partial charge in [-0.05, 0) is 37.3 Å². The lowest BCUT2D eigenvalue weighted by Crippen LogP contribution is -2.30. The summed E-state index contributed by atoms with van der Waals surface area (Å²) in [6, 6.07) is 0.